The molecule has 1 amide bonds. The maximum atomic E-state index is 12.5. The number of likely N-dealkylation sites (tertiary alicyclic amines) is 1. The standard InChI is InChI=1S/C33H52N2O/c1-5-6-7-8-12-23-35(24-25-13-10-9-11-14-25)30-18-16-27-26-15-17-29-32(2,22-20-31(36)34(29)4)28(26)19-21-33(27,30)3/h9-11,13-14,26-30H,5-8,12,15-24H2,1-4H3/t26-,27-,28-,29+,30-,32+,33-/m0/s1. The monoisotopic (exact) mass is 492 g/mol. The van der Waals surface area contributed by atoms with Crippen LogP contribution >= 0.6 is 0 Å². The van der Waals surface area contributed by atoms with Gasteiger partial charge >= 0.3 is 0 Å². The number of hydrogen-bond donors (Lipinski definition) is 0. The van der Waals surface area contributed by atoms with Gasteiger partial charge in [0.05, 0.1) is 0 Å². The van der Waals surface area contributed by atoms with E-state index in [0.29, 0.717) is 22.8 Å². The summed E-state index contributed by atoms with van der Waals surface area (Å²) in [5, 5.41) is 0. The smallest absolute Gasteiger partial charge is 0.222 e. The van der Waals surface area contributed by atoms with E-state index < -0.39 is 0 Å². The summed E-state index contributed by atoms with van der Waals surface area (Å²) in [5.74, 6) is 2.91. The third kappa shape index (κ3) is 4.67. The van der Waals surface area contributed by atoms with E-state index in [9.17, 15) is 4.79 Å². The fourth-order valence-electron chi connectivity index (χ4n) is 9.80. The van der Waals surface area contributed by atoms with Gasteiger partial charge in [-0.15, -0.1) is 0 Å². The van der Waals surface area contributed by atoms with Crippen molar-refractivity contribution in [3.8, 4) is 0 Å². The van der Waals surface area contributed by atoms with Crippen LogP contribution in [0, 0.1) is 28.6 Å². The number of rotatable bonds is 9. The summed E-state index contributed by atoms with van der Waals surface area (Å²) in [5.41, 5.74) is 2.25. The SMILES string of the molecule is CCCCCCCN(Cc1ccccc1)[C@H]1CC[C@H]2[C@@H]3CC[C@H]4N(C)C(=O)CC[C@]4(C)[C@H]3CC[C@]12C. The van der Waals surface area contributed by atoms with Crippen molar-refractivity contribution in [3.63, 3.8) is 0 Å². The number of piperidine rings is 1. The van der Waals surface area contributed by atoms with Gasteiger partial charge in [0.1, 0.15) is 0 Å². The predicted molar refractivity (Wildman–Crippen MR) is 150 cm³/mol. The Kier molecular flexibility index (Phi) is 7.87. The molecule has 7 atom stereocenters. The fourth-order valence-corrected chi connectivity index (χ4v) is 9.80. The molecule has 4 aliphatic rings. The molecule has 1 aliphatic heterocycles. The number of fused-ring (bicyclic) bond motifs is 5. The number of hydrogen-bond acceptors (Lipinski definition) is 2. The zero-order chi connectivity index (χ0) is 25.3. The van der Waals surface area contributed by atoms with Crippen LogP contribution in [0.1, 0.15) is 110 Å². The molecule has 1 aromatic rings. The Morgan fingerprint density at radius 1 is 0.889 bits per heavy atom. The molecule has 1 saturated heterocycles. The Balaban J connectivity index is 1.33. The van der Waals surface area contributed by atoms with Crippen LogP contribution in [0.2, 0.25) is 0 Å². The molecule has 0 bridgehead atoms. The number of carbonyl (C=O) groups is 1. The minimum absolute atomic E-state index is 0.327. The third-order valence-corrected chi connectivity index (χ3v) is 11.7. The van der Waals surface area contributed by atoms with Gasteiger partial charge in [-0.3, -0.25) is 9.69 Å². The van der Waals surface area contributed by atoms with Gasteiger partial charge in [-0.1, -0.05) is 76.8 Å². The number of unbranched alkanes of at least 4 members (excludes halogenated alkanes) is 4. The topological polar surface area (TPSA) is 23.6 Å². The number of nitrogens with zero attached hydrogens (tertiary/aromatic N) is 2. The zero-order valence-electron chi connectivity index (χ0n) is 23.7. The van der Waals surface area contributed by atoms with Gasteiger partial charge in [0.25, 0.3) is 0 Å². The molecule has 200 valence electrons. The highest BCUT2D eigenvalue weighted by Crippen LogP contribution is 2.65. The van der Waals surface area contributed by atoms with E-state index in [1.54, 1.807) is 0 Å². The Morgan fingerprint density at radius 2 is 1.64 bits per heavy atom. The molecule has 4 fully saturated rings. The average molecular weight is 493 g/mol. The van der Waals surface area contributed by atoms with E-state index in [4.69, 9.17) is 0 Å². The third-order valence-electron chi connectivity index (χ3n) is 11.7. The first-order valence-electron chi connectivity index (χ1n) is 15.4. The van der Waals surface area contributed by atoms with Crippen LogP contribution in [0.3, 0.4) is 0 Å². The Labute approximate surface area is 221 Å². The normalized spacial score (nSPS) is 38.1. The van der Waals surface area contributed by atoms with Crippen LogP contribution in [-0.4, -0.2) is 41.4 Å². The molecular weight excluding hydrogens is 440 g/mol. The summed E-state index contributed by atoms with van der Waals surface area (Å²) in [7, 11) is 2.09. The lowest BCUT2D eigenvalue weighted by Gasteiger charge is -2.62. The maximum Gasteiger partial charge on any atom is 0.222 e. The second-order valence-electron chi connectivity index (χ2n) is 13.5. The summed E-state index contributed by atoms with van der Waals surface area (Å²) in [4.78, 5) is 17.6. The molecule has 0 spiro atoms. The largest absolute Gasteiger partial charge is 0.342 e. The minimum atomic E-state index is 0.327. The number of benzene rings is 1. The first-order valence-corrected chi connectivity index (χ1v) is 15.4. The van der Waals surface area contributed by atoms with Crippen LogP contribution in [0.5, 0.6) is 0 Å². The first kappa shape index (κ1) is 26.3. The van der Waals surface area contributed by atoms with Gasteiger partial charge in [-0.25, -0.2) is 0 Å². The molecular formula is C33H52N2O. The van der Waals surface area contributed by atoms with Crippen molar-refractivity contribution in [3.05, 3.63) is 35.9 Å². The van der Waals surface area contributed by atoms with Crippen LogP contribution in [0.25, 0.3) is 0 Å². The van der Waals surface area contributed by atoms with Crippen molar-refractivity contribution in [2.45, 2.75) is 123 Å². The minimum Gasteiger partial charge on any atom is -0.342 e. The Bertz CT molecular complexity index is 885. The lowest BCUT2D eigenvalue weighted by molar-refractivity contribution is -0.158. The molecule has 0 N–H and O–H groups in total. The lowest BCUT2D eigenvalue weighted by atomic mass is 9.47. The molecule has 36 heavy (non-hydrogen) atoms. The summed E-state index contributed by atoms with van der Waals surface area (Å²) < 4.78 is 0. The van der Waals surface area contributed by atoms with Crippen molar-refractivity contribution in [2.24, 2.45) is 28.6 Å². The average Bonchev–Trinajstić information content (AvgIpc) is 3.23. The summed E-state index contributed by atoms with van der Waals surface area (Å²) in [6.07, 6.45) is 16.8. The molecule has 3 saturated carbocycles. The molecule has 3 heteroatoms. The second kappa shape index (κ2) is 10.8. The quantitative estimate of drug-likeness (QED) is 0.330. The highest BCUT2D eigenvalue weighted by molar-refractivity contribution is 5.77. The van der Waals surface area contributed by atoms with E-state index in [1.165, 1.54) is 82.7 Å². The van der Waals surface area contributed by atoms with E-state index in [-0.39, 0.29) is 0 Å². The van der Waals surface area contributed by atoms with Crippen molar-refractivity contribution in [2.75, 3.05) is 13.6 Å². The van der Waals surface area contributed by atoms with Crippen LogP contribution < -0.4 is 0 Å². The maximum absolute atomic E-state index is 12.5. The van der Waals surface area contributed by atoms with Gasteiger partial charge in [0, 0.05) is 32.1 Å². The summed E-state index contributed by atoms with van der Waals surface area (Å²) in [6.45, 7) is 9.93. The van der Waals surface area contributed by atoms with E-state index in [0.717, 1.165) is 43.2 Å². The number of amides is 1. The molecule has 3 nitrogen and oxygen atoms in total. The molecule has 1 heterocycles. The Hall–Kier alpha value is -1.35. The molecule has 1 aromatic carbocycles. The van der Waals surface area contributed by atoms with E-state index in [2.05, 4.69) is 68.0 Å². The highest BCUT2D eigenvalue weighted by atomic mass is 16.2. The lowest BCUT2D eigenvalue weighted by Crippen LogP contribution is -2.62. The van der Waals surface area contributed by atoms with Crippen molar-refractivity contribution in [1.29, 1.82) is 0 Å². The molecule has 0 aromatic heterocycles. The molecule has 5 rings (SSSR count). The van der Waals surface area contributed by atoms with Gasteiger partial charge in [0.2, 0.25) is 5.91 Å². The van der Waals surface area contributed by atoms with Gasteiger partial charge in [0.15, 0.2) is 0 Å². The van der Waals surface area contributed by atoms with E-state index >= 15 is 0 Å². The Morgan fingerprint density at radius 3 is 2.42 bits per heavy atom. The molecule has 3 aliphatic carbocycles. The van der Waals surface area contributed by atoms with Crippen molar-refractivity contribution >= 4 is 5.91 Å². The zero-order valence-corrected chi connectivity index (χ0v) is 23.7. The van der Waals surface area contributed by atoms with Crippen molar-refractivity contribution in [1.82, 2.24) is 9.80 Å². The van der Waals surface area contributed by atoms with Crippen LogP contribution in [0.15, 0.2) is 30.3 Å². The van der Waals surface area contributed by atoms with Crippen LogP contribution in [-0.2, 0) is 11.3 Å². The first-order chi connectivity index (χ1) is 17.4. The molecule has 0 radical (unpaired) electrons. The van der Waals surface area contributed by atoms with Gasteiger partial charge < -0.3 is 4.90 Å². The molecule has 0 unspecified atom stereocenters. The highest BCUT2D eigenvalue weighted by Gasteiger charge is 2.61. The number of carbonyl (C=O) groups excluding carboxylic acids is 1. The van der Waals surface area contributed by atoms with Gasteiger partial charge in [-0.05, 0) is 92.1 Å². The van der Waals surface area contributed by atoms with Crippen molar-refractivity contribution < 1.29 is 4.79 Å². The fraction of sp³-hybridized carbons (Fsp3) is 0.788. The van der Waals surface area contributed by atoms with Crippen LogP contribution in [0.4, 0.5) is 0 Å². The second-order valence-corrected chi connectivity index (χ2v) is 13.5. The predicted octanol–water partition coefficient (Wildman–Crippen LogP) is 7.69. The summed E-state index contributed by atoms with van der Waals surface area (Å²) in [6, 6.07) is 12.4. The summed E-state index contributed by atoms with van der Waals surface area (Å²) >= 11 is 0. The van der Waals surface area contributed by atoms with Gasteiger partial charge in [-0.2, -0.15) is 0 Å². The van der Waals surface area contributed by atoms with E-state index in [1.807, 2.05) is 0 Å².